The molecule has 0 unspecified atom stereocenters. The third-order valence-corrected chi connectivity index (χ3v) is 3.30. The fraction of sp³-hybridized carbons (Fsp3) is 0.500. The molecule has 0 heterocycles. The van der Waals surface area contributed by atoms with Crippen LogP contribution in [-0.4, -0.2) is 23.6 Å². The molecule has 18 heavy (non-hydrogen) atoms. The molecule has 0 saturated heterocycles. The summed E-state index contributed by atoms with van der Waals surface area (Å²) in [6, 6.07) is 6.76. The van der Waals surface area contributed by atoms with Gasteiger partial charge in [0.15, 0.2) is 5.84 Å². The number of anilines is 1. The number of hydrogen-bond acceptors (Lipinski definition) is 3. The highest BCUT2D eigenvalue weighted by Crippen LogP contribution is 2.34. The lowest BCUT2D eigenvalue weighted by molar-refractivity contribution is 0.318. The van der Waals surface area contributed by atoms with Crippen LogP contribution in [0.1, 0.15) is 37.3 Å². The molecule has 4 heteroatoms. The summed E-state index contributed by atoms with van der Waals surface area (Å²) in [5, 5.41) is 12.1. The molecule has 1 aromatic rings. The van der Waals surface area contributed by atoms with E-state index in [1.54, 1.807) is 0 Å². The highest BCUT2D eigenvalue weighted by molar-refractivity contribution is 6.02. The highest BCUT2D eigenvalue weighted by atomic mass is 16.4. The van der Waals surface area contributed by atoms with Crippen molar-refractivity contribution in [1.29, 1.82) is 0 Å². The van der Waals surface area contributed by atoms with Gasteiger partial charge in [0, 0.05) is 23.8 Å². The van der Waals surface area contributed by atoms with Crippen LogP contribution in [0.4, 0.5) is 5.69 Å². The first kappa shape index (κ1) is 12.7. The molecule has 2 rings (SSSR count). The molecule has 1 aliphatic rings. The van der Waals surface area contributed by atoms with Crippen molar-refractivity contribution in [2.24, 2.45) is 10.9 Å². The molecule has 1 aromatic carbocycles. The Morgan fingerprint density at radius 1 is 1.50 bits per heavy atom. The van der Waals surface area contributed by atoms with Crippen LogP contribution in [0.3, 0.4) is 0 Å². The zero-order chi connectivity index (χ0) is 13.1. The van der Waals surface area contributed by atoms with Gasteiger partial charge in [-0.1, -0.05) is 23.7 Å². The van der Waals surface area contributed by atoms with Crippen molar-refractivity contribution < 1.29 is 5.21 Å². The van der Waals surface area contributed by atoms with Gasteiger partial charge in [-0.2, -0.15) is 0 Å². The molecule has 1 fully saturated rings. The molecule has 4 nitrogen and oxygen atoms in total. The lowest BCUT2D eigenvalue weighted by Gasteiger charge is -2.26. The van der Waals surface area contributed by atoms with Gasteiger partial charge < -0.3 is 15.8 Å². The number of nitrogens with zero attached hydrogens (tertiary/aromatic N) is 2. The van der Waals surface area contributed by atoms with Gasteiger partial charge in [-0.3, -0.25) is 0 Å². The number of benzene rings is 1. The van der Waals surface area contributed by atoms with E-state index in [4.69, 9.17) is 10.9 Å². The molecule has 1 saturated carbocycles. The SMILES string of the molecule is CCCN(c1ccc(C)cc1/C(N)=N/O)C1CC1. The maximum absolute atomic E-state index is 8.91. The first-order valence-corrected chi connectivity index (χ1v) is 6.52. The van der Waals surface area contributed by atoms with Crippen molar-refractivity contribution in [3.63, 3.8) is 0 Å². The van der Waals surface area contributed by atoms with Gasteiger partial charge in [0.05, 0.1) is 0 Å². The Morgan fingerprint density at radius 2 is 2.22 bits per heavy atom. The standard InChI is InChI=1S/C14H21N3O/c1-3-8-17(11-5-6-11)13-7-4-10(2)9-12(13)14(15)16-18/h4,7,9,11,18H,3,5-6,8H2,1-2H3,(H2,15,16). The summed E-state index contributed by atoms with van der Waals surface area (Å²) < 4.78 is 0. The maximum Gasteiger partial charge on any atom is 0.172 e. The molecule has 0 amide bonds. The monoisotopic (exact) mass is 247 g/mol. The van der Waals surface area contributed by atoms with E-state index in [1.165, 1.54) is 12.8 Å². The molecule has 0 aliphatic heterocycles. The molecule has 0 radical (unpaired) electrons. The zero-order valence-electron chi connectivity index (χ0n) is 11.1. The second-order valence-corrected chi connectivity index (χ2v) is 4.93. The normalized spacial score (nSPS) is 15.8. The Labute approximate surface area is 108 Å². The van der Waals surface area contributed by atoms with E-state index >= 15 is 0 Å². The largest absolute Gasteiger partial charge is 0.409 e. The van der Waals surface area contributed by atoms with Crippen molar-refractivity contribution in [2.75, 3.05) is 11.4 Å². The third-order valence-electron chi connectivity index (χ3n) is 3.30. The molecular formula is C14H21N3O. The number of aryl methyl sites for hydroxylation is 1. The van der Waals surface area contributed by atoms with Gasteiger partial charge in [0.2, 0.25) is 0 Å². The number of oxime groups is 1. The van der Waals surface area contributed by atoms with Crippen LogP contribution >= 0.6 is 0 Å². The van der Waals surface area contributed by atoms with Gasteiger partial charge in [-0.05, 0) is 38.3 Å². The molecule has 0 aromatic heterocycles. The second kappa shape index (κ2) is 5.29. The van der Waals surface area contributed by atoms with Crippen molar-refractivity contribution in [1.82, 2.24) is 0 Å². The van der Waals surface area contributed by atoms with Gasteiger partial charge in [0.25, 0.3) is 0 Å². The van der Waals surface area contributed by atoms with E-state index in [0.717, 1.165) is 29.8 Å². The quantitative estimate of drug-likeness (QED) is 0.363. The lowest BCUT2D eigenvalue weighted by atomic mass is 10.1. The number of hydrogen-bond donors (Lipinski definition) is 2. The van der Waals surface area contributed by atoms with E-state index in [9.17, 15) is 0 Å². The van der Waals surface area contributed by atoms with Gasteiger partial charge in [0.1, 0.15) is 0 Å². The predicted molar refractivity (Wildman–Crippen MR) is 74.3 cm³/mol. The second-order valence-electron chi connectivity index (χ2n) is 4.93. The first-order chi connectivity index (χ1) is 8.67. The van der Waals surface area contributed by atoms with E-state index in [1.807, 2.05) is 13.0 Å². The van der Waals surface area contributed by atoms with E-state index < -0.39 is 0 Å². The minimum atomic E-state index is 0.190. The van der Waals surface area contributed by atoms with Crippen molar-refractivity contribution >= 4 is 11.5 Å². The fourth-order valence-electron chi connectivity index (χ4n) is 2.29. The Hall–Kier alpha value is -1.71. The van der Waals surface area contributed by atoms with E-state index in [0.29, 0.717) is 6.04 Å². The Kier molecular flexibility index (Phi) is 3.75. The van der Waals surface area contributed by atoms with Crippen LogP contribution in [-0.2, 0) is 0 Å². The minimum absolute atomic E-state index is 0.190. The fourth-order valence-corrected chi connectivity index (χ4v) is 2.29. The number of nitrogens with two attached hydrogens (primary N) is 1. The summed E-state index contributed by atoms with van der Waals surface area (Å²) in [6.45, 7) is 5.20. The highest BCUT2D eigenvalue weighted by Gasteiger charge is 2.30. The van der Waals surface area contributed by atoms with Gasteiger partial charge in [-0.25, -0.2) is 0 Å². The van der Waals surface area contributed by atoms with E-state index in [2.05, 4.69) is 29.1 Å². The van der Waals surface area contributed by atoms with Crippen molar-refractivity contribution in [2.45, 2.75) is 39.2 Å². The molecular weight excluding hydrogens is 226 g/mol. The predicted octanol–water partition coefficient (Wildman–Crippen LogP) is 2.47. The summed E-state index contributed by atoms with van der Waals surface area (Å²) in [6.07, 6.45) is 3.58. The summed E-state index contributed by atoms with van der Waals surface area (Å²) >= 11 is 0. The van der Waals surface area contributed by atoms with Crippen LogP contribution < -0.4 is 10.6 Å². The van der Waals surface area contributed by atoms with E-state index in [-0.39, 0.29) is 5.84 Å². The Balaban J connectivity index is 2.41. The smallest absolute Gasteiger partial charge is 0.172 e. The molecule has 98 valence electrons. The Morgan fingerprint density at radius 3 is 2.78 bits per heavy atom. The Bertz CT molecular complexity index is 452. The summed E-state index contributed by atoms with van der Waals surface area (Å²) in [4.78, 5) is 2.38. The average Bonchev–Trinajstić information content (AvgIpc) is 3.19. The molecule has 1 aliphatic carbocycles. The third kappa shape index (κ3) is 2.58. The van der Waals surface area contributed by atoms with Crippen LogP contribution in [0, 0.1) is 6.92 Å². The molecule has 0 bridgehead atoms. The summed E-state index contributed by atoms with van der Waals surface area (Å²) in [5.41, 5.74) is 8.82. The minimum Gasteiger partial charge on any atom is -0.409 e. The van der Waals surface area contributed by atoms with Gasteiger partial charge in [-0.15, -0.1) is 0 Å². The summed E-state index contributed by atoms with van der Waals surface area (Å²) in [7, 11) is 0. The number of rotatable bonds is 5. The van der Waals surface area contributed by atoms with Crippen LogP contribution in [0.5, 0.6) is 0 Å². The summed E-state index contributed by atoms with van der Waals surface area (Å²) in [5.74, 6) is 0.190. The molecule has 0 atom stereocenters. The van der Waals surface area contributed by atoms with Crippen LogP contribution in [0.15, 0.2) is 23.4 Å². The molecule has 3 N–H and O–H groups in total. The van der Waals surface area contributed by atoms with Crippen molar-refractivity contribution in [3.8, 4) is 0 Å². The van der Waals surface area contributed by atoms with Crippen LogP contribution in [0.25, 0.3) is 0 Å². The topological polar surface area (TPSA) is 61.8 Å². The van der Waals surface area contributed by atoms with Crippen LogP contribution in [0.2, 0.25) is 0 Å². The first-order valence-electron chi connectivity index (χ1n) is 6.52. The average molecular weight is 247 g/mol. The number of amidine groups is 1. The lowest BCUT2D eigenvalue weighted by Crippen LogP contribution is -2.29. The maximum atomic E-state index is 8.91. The van der Waals surface area contributed by atoms with Crippen molar-refractivity contribution in [3.05, 3.63) is 29.3 Å². The zero-order valence-corrected chi connectivity index (χ0v) is 11.1. The molecule has 0 spiro atoms. The van der Waals surface area contributed by atoms with Gasteiger partial charge >= 0.3 is 0 Å².